The van der Waals surface area contributed by atoms with Gasteiger partial charge in [0.05, 0.1) is 5.56 Å². The fraction of sp³-hybridized carbons (Fsp3) is 0.393. The molecule has 0 fully saturated rings. The summed E-state index contributed by atoms with van der Waals surface area (Å²) in [6.07, 6.45) is 12.1. The second-order valence-corrected chi connectivity index (χ2v) is 9.77. The Bertz CT molecular complexity index is 959. The fourth-order valence-corrected chi connectivity index (χ4v) is 4.41. The summed E-state index contributed by atoms with van der Waals surface area (Å²) in [4.78, 5) is 11.1. The molecule has 2 aromatic carbocycles. The highest BCUT2D eigenvalue weighted by atomic mass is 16.4. The van der Waals surface area contributed by atoms with Gasteiger partial charge in [0.2, 0.25) is 0 Å². The first-order chi connectivity index (χ1) is 14.1. The Morgan fingerprint density at radius 1 is 1.00 bits per heavy atom. The summed E-state index contributed by atoms with van der Waals surface area (Å²) in [5, 5.41) is 9.09. The van der Waals surface area contributed by atoms with Crippen LogP contribution in [0.4, 0.5) is 0 Å². The van der Waals surface area contributed by atoms with Crippen LogP contribution in [0.2, 0.25) is 0 Å². The highest BCUT2D eigenvalue weighted by Crippen LogP contribution is 2.46. The molecule has 30 heavy (non-hydrogen) atoms. The van der Waals surface area contributed by atoms with Gasteiger partial charge in [-0.2, -0.15) is 0 Å². The Morgan fingerprint density at radius 2 is 1.63 bits per heavy atom. The molecule has 1 unspecified atom stereocenters. The summed E-state index contributed by atoms with van der Waals surface area (Å²) in [6.45, 7) is 11.5. The summed E-state index contributed by atoms with van der Waals surface area (Å²) in [5.74, 6) is -0.609. The van der Waals surface area contributed by atoms with Crippen LogP contribution in [0.5, 0.6) is 0 Å². The van der Waals surface area contributed by atoms with Crippen molar-refractivity contribution in [3.63, 3.8) is 0 Å². The molecule has 3 rings (SSSR count). The van der Waals surface area contributed by atoms with Crippen LogP contribution in [0.15, 0.2) is 60.7 Å². The molecule has 1 N–H and O–H groups in total. The summed E-state index contributed by atoms with van der Waals surface area (Å²) >= 11 is 0. The number of fused-ring (bicyclic) bond motifs is 1. The van der Waals surface area contributed by atoms with Gasteiger partial charge < -0.3 is 5.11 Å². The predicted molar refractivity (Wildman–Crippen MR) is 126 cm³/mol. The topological polar surface area (TPSA) is 37.3 Å². The largest absolute Gasteiger partial charge is 0.478 e. The molecular weight excluding hydrogens is 368 g/mol. The van der Waals surface area contributed by atoms with E-state index in [0.717, 1.165) is 12.0 Å². The normalized spacial score (nSPS) is 18.4. The molecule has 0 heterocycles. The molecule has 0 aromatic heterocycles. The molecule has 1 atom stereocenters. The van der Waals surface area contributed by atoms with Crippen molar-refractivity contribution in [2.45, 2.75) is 70.6 Å². The number of carbonyl (C=O) groups is 1. The first kappa shape index (κ1) is 22.1. The highest BCUT2D eigenvalue weighted by molar-refractivity contribution is 5.87. The van der Waals surface area contributed by atoms with E-state index in [4.69, 9.17) is 5.11 Å². The van der Waals surface area contributed by atoms with Crippen LogP contribution >= 0.6 is 0 Å². The minimum Gasteiger partial charge on any atom is -0.478 e. The van der Waals surface area contributed by atoms with Crippen molar-refractivity contribution in [2.75, 3.05) is 0 Å². The molecule has 0 spiro atoms. The molecule has 0 radical (unpaired) electrons. The van der Waals surface area contributed by atoms with Crippen molar-refractivity contribution in [3.8, 4) is 0 Å². The van der Waals surface area contributed by atoms with Crippen molar-refractivity contribution in [3.05, 3.63) is 88.5 Å². The van der Waals surface area contributed by atoms with E-state index in [2.05, 4.69) is 77.1 Å². The van der Waals surface area contributed by atoms with Gasteiger partial charge in [-0.15, -0.1) is 0 Å². The molecule has 2 nitrogen and oxygen atoms in total. The standard InChI is InChI=1S/C28H34O2/c1-6-7-8-21(12-9-20-10-13-22(14-11-20)26(29)30)23-15-16-24-25(19-23)28(4,5)18-17-27(24,2)3/h6-7,9-16,19,21H,8,17-18H2,1-5H3,(H,29,30). The molecule has 1 aliphatic carbocycles. The number of aromatic carboxylic acids is 1. The number of allylic oxidation sites excluding steroid dienone is 3. The van der Waals surface area contributed by atoms with E-state index in [1.807, 2.05) is 12.1 Å². The number of hydrogen-bond donors (Lipinski definition) is 1. The van der Waals surface area contributed by atoms with Crippen LogP contribution in [0, 0.1) is 0 Å². The molecule has 0 saturated carbocycles. The molecule has 0 bridgehead atoms. The minimum atomic E-state index is -0.893. The van der Waals surface area contributed by atoms with E-state index < -0.39 is 5.97 Å². The van der Waals surface area contributed by atoms with Gasteiger partial charge in [0.15, 0.2) is 0 Å². The number of carboxylic acids is 1. The molecule has 1 aliphatic rings. The van der Waals surface area contributed by atoms with E-state index in [-0.39, 0.29) is 16.7 Å². The first-order valence-corrected chi connectivity index (χ1v) is 10.9. The zero-order valence-electron chi connectivity index (χ0n) is 18.9. The lowest BCUT2D eigenvalue weighted by Crippen LogP contribution is -2.33. The van der Waals surface area contributed by atoms with Crippen LogP contribution in [0.25, 0.3) is 6.08 Å². The second kappa shape index (κ2) is 8.63. The number of benzene rings is 2. The Hall–Kier alpha value is -2.61. The maximum atomic E-state index is 11.1. The van der Waals surface area contributed by atoms with E-state index in [1.165, 1.54) is 29.5 Å². The summed E-state index contributed by atoms with van der Waals surface area (Å²) in [6, 6.07) is 14.1. The highest BCUT2D eigenvalue weighted by Gasteiger charge is 2.37. The smallest absolute Gasteiger partial charge is 0.335 e. The second-order valence-electron chi connectivity index (χ2n) is 9.77. The van der Waals surface area contributed by atoms with Gasteiger partial charge in [-0.3, -0.25) is 0 Å². The van der Waals surface area contributed by atoms with Crippen molar-refractivity contribution in [2.24, 2.45) is 0 Å². The lowest BCUT2D eigenvalue weighted by Gasteiger charge is -2.42. The molecule has 2 heteroatoms. The van der Waals surface area contributed by atoms with Crippen LogP contribution in [0.3, 0.4) is 0 Å². The Labute approximate surface area is 181 Å². The van der Waals surface area contributed by atoms with Gasteiger partial charge in [-0.05, 0) is 71.4 Å². The fourth-order valence-electron chi connectivity index (χ4n) is 4.41. The van der Waals surface area contributed by atoms with Gasteiger partial charge in [0.25, 0.3) is 0 Å². The monoisotopic (exact) mass is 402 g/mol. The van der Waals surface area contributed by atoms with Crippen LogP contribution in [-0.2, 0) is 10.8 Å². The van der Waals surface area contributed by atoms with Crippen molar-refractivity contribution in [1.82, 2.24) is 0 Å². The third-order valence-corrected chi connectivity index (χ3v) is 6.61. The lowest BCUT2D eigenvalue weighted by molar-refractivity contribution is 0.0697. The van der Waals surface area contributed by atoms with Gasteiger partial charge >= 0.3 is 5.97 Å². The minimum absolute atomic E-state index is 0.197. The van der Waals surface area contributed by atoms with Crippen LogP contribution in [0.1, 0.15) is 92.4 Å². The van der Waals surface area contributed by atoms with Crippen LogP contribution < -0.4 is 0 Å². The van der Waals surface area contributed by atoms with E-state index in [9.17, 15) is 4.79 Å². The summed E-state index contributed by atoms with van der Waals surface area (Å²) in [5.41, 5.74) is 6.08. The number of rotatable bonds is 6. The van der Waals surface area contributed by atoms with Gasteiger partial charge in [0, 0.05) is 5.92 Å². The average Bonchev–Trinajstić information content (AvgIpc) is 2.72. The van der Waals surface area contributed by atoms with Gasteiger partial charge in [-0.1, -0.05) is 82.3 Å². The Kier molecular flexibility index (Phi) is 6.36. The molecule has 0 saturated heterocycles. The lowest BCUT2D eigenvalue weighted by atomic mass is 9.62. The molecule has 158 valence electrons. The molecular formula is C28H34O2. The Morgan fingerprint density at radius 3 is 2.23 bits per heavy atom. The molecule has 0 aliphatic heterocycles. The van der Waals surface area contributed by atoms with Crippen molar-refractivity contribution < 1.29 is 9.90 Å². The van der Waals surface area contributed by atoms with E-state index in [1.54, 1.807) is 12.1 Å². The summed E-state index contributed by atoms with van der Waals surface area (Å²) in [7, 11) is 0. The predicted octanol–water partition coefficient (Wildman–Crippen LogP) is 7.50. The number of hydrogen-bond acceptors (Lipinski definition) is 1. The van der Waals surface area contributed by atoms with Crippen LogP contribution in [-0.4, -0.2) is 11.1 Å². The SMILES string of the molecule is CC=CCC(C=Cc1ccc(C(=O)O)cc1)c1ccc2c(c1)C(C)(C)CCC2(C)C. The number of carboxylic acid groups (broad SMARTS) is 1. The van der Waals surface area contributed by atoms with E-state index >= 15 is 0 Å². The Balaban J connectivity index is 1.95. The van der Waals surface area contributed by atoms with Crippen molar-refractivity contribution >= 4 is 12.0 Å². The summed E-state index contributed by atoms with van der Waals surface area (Å²) < 4.78 is 0. The van der Waals surface area contributed by atoms with E-state index in [0.29, 0.717) is 5.56 Å². The maximum absolute atomic E-state index is 11.1. The van der Waals surface area contributed by atoms with Gasteiger partial charge in [0.1, 0.15) is 0 Å². The van der Waals surface area contributed by atoms with Gasteiger partial charge in [-0.25, -0.2) is 4.79 Å². The zero-order chi connectivity index (χ0) is 21.9. The third-order valence-electron chi connectivity index (χ3n) is 6.61. The van der Waals surface area contributed by atoms with Crippen molar-refractivity contribution in [1.29, 1.82) is 0 Å². The first-order valence-electron chi connectivity index (χ1n) is 10.9. The average molecular weight is 403 g/mol. The quantitative estimate of drug-likeness (QED) is 0.508. The third kappa shape index (κ3) is 4.75. The zero-order valence-corrected chi connectivity index (χ0v) is 18.9. The molecule has 2 aromatic rings. The molecule has 0 amide bonds. The maximum Gasteiger partial charge on any atom is 0.335 e.